The maximum atomic E-state index is 12.0. The number of halogens is 1. The molecule has 5 heteroatoms. The van der Waals surface area contributed by atoms with E-state index >= 15 is 0 Å². The lowest BCUT2D eigenvalue weighted by atomic mass is 10.1. The van der Waals surface area contributed by atoms with Gasteiger partial charge in [0.1, 0.15) is 0 Å². The molecule has 1 N–H and O–H groups in total. The van der Waals surface area contributed by atoms with E-state index in [1.807, 2.05) is 13.0 Å². The van der Waals surface area contributed by atoms with Crippen LogP contribution >= 0.6 is 11.6 Å². The molecule has 1 fully saturated rings. The highest BCUT2D eigenvalue weighted by Crippen LogP contribution is 2.30. The first kappa shape index (κ1) is 12.9. The number of rotatable bonds is 2. The van der Waals surface area contributed by atoms with Crippen LogP contribution in [0.25, 0.3) is 0 Å². The van der Waals surface area contributed by atoms with Crippen LogP contribution < -0.4 is 10.2 Å². The SMILES string of the molecule is CNC(=O)[C@@H]1CC(=O)N(c2cc(Cl)ccc2C)C1. The second-order valence-corrected chi connectivity index (χ2v) is 4.89. The van der Waals surface area contributed by atoms with Crippen molar-refractivity contribution < 1.29 is 9.59 Å². The number of nitrogens with zero attached hydrogens (tertiary/aromatic N) is 1. The van der Waals surface area contributed by atoms with Gasteiger partial charge in [-0.25, -0.2) is 0 Å². The molecule has 0 spiro atoms. The van der Waals surface area contributed by atoms with Crippen LogP contribution in [0, 0.1) is 12.8 Å². The average molecular weight is 267 g/mol. The molecule has 0 bridgehead atoms. The molecule has 4 nitrogen and oxygen atoms in total. The quantitative estimate of drug-likeness (QED) is 0.887. The van der Waals surface area contributed by atoms with E-state index in [-0.39, 0.29) is 24.2 Å². The summed E-state index contributed by atoms with van der Waals surface area (Å²) < 4.78 is 0. The van der Waals surface area contributed by atoms with Crippen LogP contribution in [0.4, 0.5) is 5.69 Å². The summed E-state index contributed by atoms with van der Waals surface area (Å²) in [5.74, 6) is -0.402. The zero-order valence-electron chi connectivity index (χ0n) is 10.4. The molecule has 2 amide bonds. The Morgan fingerprint density at radius 1 is 1.50 bits per heavy atom. The maximum Gasteiger partial charge on any atom is 0.227 e. The molecule has 96 valence electrons. The third-order valence-electron chi connectivity index (χ3n) is 3.20. The molecule has 0 unspecified atom stereocenters. The molecule has 2 rings (SSSR count). The number of anilines is 1. The summed E-state index contributed by atoms with van der Waals surface area (Å²) in [5.41, 5.74) is 1.77. The molecule has 1 heterocycles. The summed E-state index contributed by atoms with van der Waals surface area (Å²) >= 11 is 5.95. The second kappa shape index (κ2) is 4.98. The van der Waals surface area contributed by atoms with E-state index < -0.39 is 0 Å². The van der Waals surface area contributed by atoms with Gasteiger partial charge in [-0.05, 0) is 24.6 Å². The molecular formula is C13H15ClN2O2. The number of hydrogen-bond donors (Lipinski definition) is 1. The van der Waals surface area contributed by atoms with Gasteiger partial charge in [-0.15, -0.1) is 0 Å². The summed E-state index contributed by atoms with van der Waals surface area (Å²) in [4.78, 5) is 25.2. The minimum absolute atomic E-state index is 0.0334. The Balaban J connectivity index is 2.27. The molecule has 0 radical (unpaired) electrons. The van der Waals surface area contributed by atoms with Crippen LogP contribution in [0.2, 0.25) is 5.02 Å². The van der Waals surface area contributed by atoms with Crippen LogP contribution in [0.1, 0.15) is 12.0 Å². The Morgan fingerprint density at radius 2 is 2.22 bits per heavy atom. The van der Waals surface area contributed by atoms with Crippen molar-refractivity contribution in [3.63, 3.8) is 0 Å². The number of aryl methyl sites for hydroxylation is 1. The van der Waals surface area contributed by atoms with E-state index in [2.05, 4.69) is 5.32 Å². The first-order chi connectivity index (χ1) is 8.52. The molecular weight excluding hydrogens is 252 g/mol. The first-order valence-corrected chi connectivity index (χ1v) is 6.19. The highest BCUT2D eigenvalue weighted by Gasteiger charge is 2.35. The van der Waals surface area contributed by atoms with Crippen molar-refractivity contribution in [3.05, 3.63) is 28.8 Å². The molecule has 1 aliphatic rings. The van der Waals surface area contributed by atoms with Crippen molar-refractivity contribution in [2.45, 2.75) is 13.3 Å². The summed E-state index contributed by atoms with van der Waals surface area (Å²) in [6.07, 6.45) is 0.256. The maximum absolute atomic E-state index is 12.0. The van der Waals surface area contributed by atoms with Gasteiger partial charge in [-0.2, -0.15) is 0 Å². The Kier molecular flexibility index (Phi) is 3.57. The van der Waals surface area contributed by atoms with Gasteiger partial charge in [0.15, 0.2) is 0 Å². The summed E-state index contributed by atoms with van der Waals surface area (Å²) in [6.45, 7) is 2.34. The van der Waals surface area contributed by atoms with Crippen LogP contribution in [-0.4, -0.2) is 25.4 Å². The van der Waals surface area contributed by atoms with Gasteiger partial charge in [0.05, 0.1) is 5.92 Å². The van der Waals surface area contributed by atoms with Crippen molar-refractivity contribution in [3.8, 4) is 0 Å². The van der Waals surface area contributed by atoms with E-state index in [9.17, 15) is 9.59 Å². The lowest BCUT2D eigenvalue weighted by Crippen LogP contribution is -2.30. The van der Waals surface area contributed by atoms with Crippen molar-refractivity contribution in [1.29, 1.82) is 0 Å². The number of carbonyl (C=O) groups excluding carboxylic acids is 2. The predicted octanol–water partition coefficient (Wildman–Crippen LogP) is 1.75. The highest BCUT2D eigenvalue weighted by molar-refractivity contribution is 6.31. The Morgan fingerprint density at radius 3 is 2.89 bits per heavy atom. The number of benzene rings is 1. The van der Waals surface area contributed by atoms with E-state index in [4.69, 9.17) is 11.6 Å². The van der Waals surface area contributed by atoms with Crippen LogP contribution in [0.15, 0.2) is 18.2 Å². The summed E-state index contributed by atoms with van der Waals surface area (Å²) in [6, 6.07) is 5.43. The van der Waals surface area contributed by atoms with Gasteiger partial charge >= 0.3 is 0 Å². The average Bonchev–Trinajstić information content (AvgIpc) is 2.73. The third kappa shape index (κ3) is 2.34. The zero-order chi connectivity index (χ0) is 13.3. The van der Waals surface area contributed by atoms with E-state index in [1.165, 1.54) is 0 Å². The van der Waals surface area contributed by atoms with Crippen LogP contribution in [-0.2, 0) is 9.59 Å². The lowest BCUT2D eigenvalue weighted by Gasteiger charge is -2.19. The predicted molar refractivity (Wildman–Crippen MR) is 70.7 cm³/mol. The molecule has 1 aliphatic heterocycles. The Bertz CT molecular complexity index is 502. The van der Waals surface area contributed by atoms with Crippen LogP contribution in [0.3, 0.4) is 0 Å². The normalized spacial score (nSPS) is 19.2. The molecule has 0 aliphatic carbocycles. The molecule has 0 saturated carbocycles. The van der Waals surface area contributed by atoms with Crippen molar-refractivity contribution in [2.75, 3.05) is 18.5 Å². The molecule has 1 aromatic carbocycles. The monoisotopic (exact) mass is 266 g/mol. The van der Waals surface area contributed by atoms with Crippen LogP contribution in [0.5, 0.6) is 0 Å². The van der Waals surface area contributed by atoms with Gasteiger partial charge in [-0.1, -0.05) is 17.7 Å². The topological polar surface area (TPSA) is 49.4 Å². The molecule has 1 saturated heterocycles. The van der Waals surface area contributed by atoms with E-state index in [1.54, 1.807) is 24.1 Å². The lowest BCUT2D eigenvalue weighted by molar-refractivity contribution is -0.125. The van der Waals surface area contributed by atoms with E-state index in [0.29, 0.717) is 11.6 Å². The zero-order valence-corrected chi connectivity index (χ0v) is 11.1. The standard InChI is InChI=1S/C13H15ClN2O2/c1-8-3-4-10(14)6-11(8)16-7-9(5-12(16)17)13(18)15-2/h3-4,6,9H,5,7H2,1-2H3,(H,15,18)/t9-/m1/s1. The largest absolute Gasteiger partial charge is 0.359 e. The Labute approximate surface area is 111 Å². The molecule has 1 atom stereocenters. The molecule has 1 aromatic rings. The number of hydrogen-bond acceptors (Lipinski definition) is 2. The summed E-state index contributed by atoms with van der Waals surface area (Å²) in [5, 5.41) is 3.17. The van der Waals surface area contributed by atoms with Crippen molar-refractivity contribution in [2.24, 2.45) is 5.92 Å². The fourth-order valence-corrected chi connectivity index (χ4v) is 2.36. The Hall–Kier alpha value is -1.55. The highest BCUT2D eigenvalue weighted by atomic mass is 35.5. The van der Waals surface area contributed by atoms with Crippen molar-refractivity contribution in [1.82, 2.24) is 5.32 Å². The van der Waals surface area contributed by atoms with Gasteiger partial charge in [0.25, 0.3) is 0 Å². The number of amides is 2. The van der Waals surface area contributed by atoms with Gasteiger partial charge < -0.3 is 10.2 Å². The second-order valence-electron chi connectivity index (χ2n) is 4.45. The fourth-order valence-electron chi connectivity index (χ4n) is 2.19. The number of nitrogens with one attached hydrogen (secondary N) is 1. The fraction of sp³-hybridized carbons (Fsp3) is 0.385. The van der Waals surface area contributed by atoms with Gasteiger partial charge in [-0.3, -0.25) is 9.59 Å². The smallest absolute Gasteiger partial charge is 0.227 e. The van der Waals surface area contributed by atoms with Gasteiger partial charge in [0, 0.05) is 30.7 Å². The minimum Gasteiger partial charge on any atom is -0.359 e. The third-order valence-corrected chi connectivity index (χ3v) is 3.44. The van der Waals surface area contributed by atoms with Gasteiger partial charge in [0.2, 0.25) is 11.8 Å². The van der Waals surface area contributed by atoms with Crippen molar-refractivity contribution >= 4 is 29.1 Å². The number of carbonyl (C=O) groups is 2. The minimum atomic E-state index is -0.277. The summed E-state index contributed by atoms with van der Waals surface area (Å²) in [7, 11) is 1.58. The molecule has 0 aromatic heterocycles. The first-order valence-electron chi connectivity index (χ1n) is 5.81. The van der Waals surface area contributed by atoms with E-state index in [0.717, 1.165) is 11.3 Å². The molecule has 18 heavy (non-hydrogen) atoms.